The maximum absolute atomic E-state index is 12.9. The van der Waals surface area contributed by atoms with Gasteiger partial charge in [0.25, 0.3) is 0 Å². The first-order valence-corrected chi connectivity index (χ1v) is 5.52. The van der Waals surface area contributed by atoms with Gasteiger partial charge in [-0.3, -0.25) is 0 Å². The maximum atomic E-state index is 12.9. The van der Waals surface area contributed by atoms with Crippen molar-refractivity contribution in [3.05, 3.63) is 41.7 Å². The van der Waals surface area contributed by atoms with Crippen LogP contribution in [-0.2, 0) is 12.4 Å². The zero-order chi connectivity index (χ0) is 15.8. The van der Waals surface area contributed by atoms with Crippen LogP contribution < -0.4 is 4.74 Å². The highest BCUT2D eigenvalue weighted by molar-refractivity contribution is 5.47. The van der Waals surface area contributed by atoms with Gasteiger partial charge in [-0.05, 0) is 12.1 Å². The molecule has 3 nitrogen and oxygen atoms in total. The summed E-state index contributed by atoms with van der Waals surface area (Å²) in [7, 11) is 1.19. The van der Waals surface area contributed by atoms with Crippen LogP contribution in [0.4, 0.5) is 26.3 Å². The summed E-state index contributed by atoms with van der Waals surface area (Å²) in [6, 6.07) is 5.31. The van der Waals surface area contributed by atoms with Gasteiger partial charge in [-0.2, -0.15) is 31.4 Å². The lowest BCUT2D eigenvalue weighted by atomic mass is 10.2. The molecule has 0 radical (unpaired) electrons. The molecule has 1 aromatic carbocycles. The number of hydrogen-bond acceptors (Lipinski definition) is 2. The number of ether oxygens (including phenoxy) is 1. The van der Waals surface area contributed by atoms with Crippen LogP contribution in [0.15, 0.2) is 30.3 Å². The fourth-order valence-corrected chi connectivity index (χ4v) is 1.71. The lowest BCUT2D eigenvalue weighted by Crippen LogP contribution is -2.14. The third kappa shape index (κ3) is 2.96. The highest BCUT2D eigenvalue weighted by Crippen LogP contribution is 2.37. The van der Waals surface area contributed by atoms with E-state index in [4.69, 9.17) is 4.74 Å². The third-order valence-electron chi connectivity index (χ3n) is 2.60. The summed E-state index contributed by atoms with van der Waals surface area (Å²) in [6.07, 6.45) is -9.97. The second-order valence-corrected chi connectivity index (χ2v) is 3.99. The Bertz CT molecular complexity index is 644. The summed E-state index contributed by atoms with van der Waals surface area (Å²) in [5.74, 6) is -0.0279. The summed E-state index contributed by atoms with van der Waals surface area (Å²) < 4.78 is 81.5. The van der Waals surface area contributed by atoms with Crippen molar-refractivity contribution in [2.24, 2.45) is 0 Å². The Morgan fingerprint density at radius 1 is 1.00 bits per heavy atom. The fourth-order valence-electron chi connectivity index (χ4n) is 1.71. The fraction of sp³-hybridized carbons (Fsp3) is 0.250. The Balaban J connectivity index is 2.70. The first-order chi connectivity index (χ1) is 9.64. The molecule has 0 atom stereocenters. The Hall–Kier alpha value is -2.19. The smallest absolute Gasteiger partial charge is 0.435 e. The predicted octanol–water partition coefficient (Wildman–Crippen LogP) is 3.92. The summed E-state index contributed by atoms with van der Waals surface area (Å²) >= 11 is 0. The Kier molecular flexibility index (Phi) is 3.60. The lowest BCUT2D eigenvalue weighted by Gasteiger charge is -2.12. The molecule has 0 unspecified atom stereocenters. The van der Waals surface area contributed by atoms with Crippen molar-refractivity contribution in [1.82, 2.24) is 9.78 Å². The van der Waals surface area contributed by atoms with Gasteiger partial charge in [0.05, 0.1) is 7.11 Å². The average Bonchev–Trinajstić information content (AvgIpc) is 2.83. The largest absolute Gasteiger partial charge is 0.494 e. The van der Waals surface area contributed by atoms with Crippen LogP contribution in [0.2, 0.25) is 0 Å². The molecule has 1 heterocycles. The van der Waals surface area contributed by atoms with Crippen molar-refractivity contribution >= 4 is 0 Å². The molecule has 2 rings (SSSR count). The Labute approximate surface area is 114 Å². The number of benzene rings is 1. The lowest BCUT2D eigenvalue weighted by molar-refractivity contribution is -0.143. The molecule has 0 aliphatic heterocycles. The Morgan fingerprint density at radius 2 is 1.62 bits per heavy atom. The molecule has 1 aromatic heterocycles. The first-order valence-electron chi connectivity index (χ1n) is 5.52. The summed E-state index contributed by atoms with van der Waals surface area (Å²) in [5.41, 5.74) is -3.39. The van der Waals surface area contributed by atoms with E-state index in [1.807, 2.05) is 0 Å². The van der Waals surface area contributed by atoms with Crippen molar-refractivity contribution in [2.45, 2.75) is 12.4 Å². The number of rotatable bonds is 2. The maximum Gasteiger partial charge on any atom is 0.435 e. The molecule has 0 aliphatic rings. The minimum Gasteiger partial charge on any atom is -0.494 e. The highest BCUT2D eigenvalue weighted by atomic mass is 19.4. The first kappa shape index (κ1) is 15.2. The molecule has 0 spiro atoms. The van der Waals surface area contributed by atoms with Crippen molar-refractivity contribution < 1.29 is 31.1 Å². The molecule has 0 saturated carbocycles. The molecule has 114 valence electrons. The molecule has 0 amide bonds. The van der Waals surface area contributed by atoms with E-state index >= 15 is 0 Å². The van der Waals surface area contributed by atoms with Gasteiger partial charge in [0, 0.05) is 6.07 Å². The normalized spacial score (nSPS) is 12.5. The Morgan fingerprint density at radius 3 is 2.14 bits per heavy atom. The van der Waals surface area contributed by atoms with Crippen LogP contribution in [0.1, 0.15) is 11.4 Å². The van der Waals surface area contributed by atoms with Gasteiger partial charge in [-0.1, -0.05) is 12.1 Å². The van der Waals surface area contributed by atoms with Crippen molar-refractivity contribution in [3.63, 3.8) is 0 Å². The van der Waals surface area contributed by atoms with Gasteiger partial charge in [0.2, 0.25) is 0 Å². The topological polar surface area (TPSA) is 27.1 Å². The predicted molar refractivity (Wildman–Crippen MR) is 60.1 cm³/mol. The van der Waals surface area contributed by atoms with Gasteiger partial charge in [-0.15, -0.1) is 0 Å². The van der Waals surface area contributed by atoms with Crippen LogP contribution in [0.25, 0.3) is 5.69 Å². The van der Waals surface area contributed by atoms with E-state index in [0.717, 1.165) is 0 Å². The second kappa shape index (κ2) is 4.97. The van der Waals surface area contributed by atoms with Gasteiger partial charge in [-0.25, -0.2) is 4.68 Å². The average molecular weight is 310 g/mol. The quantitative estimate of drug-likeness (QED) is 0.786. The SMILES string of the molecule is COc1ccccc1-n1nc(C(F)(F)F)cc1C(F)(F)F. The molecular formula is C12H8F6N2O. The molecule has 0 fully saturated rings. The number of aromatic nitrogens is 2. The molecule has 0 saturated heterocycles. The van der Waals surface area contributed by atoms with E-state index in [9.17, 15) is 26.3 Å². The number of halogens is 6. The number of methoxy groups -OCH3 is 1. The molecule has 21 heavy (non-hydrogen) atoms. The molecule has 9 heteroatoms. The second-order valence-electron chi connectivity index (χ2n) is 3.99. The number of hydrogen-bond donors (Lipinski definition) is 0. The summed E-state index contributed by atoms with van der Waals surface area (Å²) in [6.45, 7) is 0. The van der Waals surface area contributed by atoms with Crippen molar-refractivity contribution in [3.8, 4) is 11.4 Å². The molecule has 0 N–H and O–H groups in total. The van der Waals surface area contributed by atoms with Gasteiger partial charge in [0.15, 0.2) is 5.69 Å². The summed E-state index contributed by atoms with van der Waals surface area (Å²) in [5, 5.41) is 3.02. The van der Waals surface area contributed by atoms with E-state index < -0.39 is 23.7 Å². The number of para-hydroxylation sites is 2. The molecule has 0 aliphatic carbocycles. The highest BCUT2D eigenvalue weighted by Gasteiger charge is 2.42. The van der Waals surface area contributed by atoms with Gasteiger partial charge in [0.1, 0.15) is 17.1 Å². The third-order valence-corrected chi connectivity index (χ3v) is 2.60. The minimum atomic E-state index is -4.99. The van der Waals surface area contributed by atoms with E-state index in [2.05, 4.69) is 5.10 Å². The van der Waals surface area contributed by atoms with Crippen LogP contribution in [0.3, 0.4) is 0 Å². The van der Waals surface area contributed by atoms with E-state index in [0.29, 0.717) is 0 Å². The van der Waals surface area contributed by atoms with Crippen LogP contribution in [0, 0.1) is 0 Å². The molecule has 0 bridgehead atoms. The van der Waals surface area contributed by atoms with Crippen LogP contribution in [0.5, 0.6) is 5.75 Å². The van der Waals surface area contributed by atoms with E-state index in [1.54, 1.807) is 0 Å². The van der Waals surface area contributed by atoms with Crippen molar-refractivity contribution in [1.29, 1.82) is 0 Å². The number of alkyl halides is 6. The van der Waals surface area contributed by atoms with Crippen molar-refractivity contribution in [2.75, 3.05) is 7.11 Å². The van der Waals surface area contributed by atoms with Gasteiger partial charge < -0.3 is 4.74 Å². The van der Waals surface area contributed by atoms with Gasteiger partial charge >= 0.3 is 12.4 Å². The van der Waals surface area contributed by atoms with E-state index in [-0.39, 0.29) is 22.2 Å². The van der Waals surface area contributed by atoms with Crippen LogP contribution >= 0.6 is 0 Å². The zero-order valence-electron chi connectivity index (χ0n) is 10.5. The monoisotopic (exact) mass is 310 g/mol. The molecule has 2 aromatic rings. The van der Waals surface area contributed by atoms with Crippen LogP contribution in [-0.4, -0.2) is 16.9 Å². The number of nitrogens with zero attached hydrogens (tertiary/aromatic N) is 2. The summed E-state index contributed by atoms with van der Waals surface area (Å²) in [4.78, 5) is 0. The van der Waals surface area contributed by atoms with E-state index in [1.165, 1.54) is 31.4 Å². The zero-order valence-corrected chi connectivity index (χ0v) is 10.5. The molecular weight excluding hydrogens is 302 g/mol. The minimum absolute atomic E-state index is 0.0279. The standard InChI is InChI=1S/C12H8F6N2O/c1-21-8-5-3-2-4-7(8)20-10(12(16,17)18)6-9(19-20)11(13,14)15/h2-6H,1H3.